The molecule has 0 spiro atoms. The van der Waals surface area contributed by atoms with Crippen LogP contribution in [0, 0.1) is 5.92 Å². The lowest BCUT2D eigenvalue weighted by molar-refractivity contribution is -0.137. The third-order valence-electron chi connectivity index (χ3n) is 5.41. The lowest BCUT2D eigenvalue weighted by Crippen LogP contribution is -2.38. The summed E-state index contributed by atoms with van der Waals surface area (Å²) in [4.78, 5) is 16.8. The molecule has 1 aliphatic heterocycles. The van der Waals surface area contributed by atoms with E-state index < -0.39 is 11.7 Å². The zero-order chi connectivity index (χ0) is 18.7. The molecule has 0 bridgehead atoms. The molecule has 2 unspecified atom stereocenters. The minimum atomic E-state index is -4.30. The first kappa shape index (κ1) is 25.0. The smallest absolute Gasteiger partial charge is 0.341 e. The topological polar surface area (TPSA) is 49.6 Å². The number of benzene rings is 1. The van der Waals surface area contributed by atoms with Gasteiger partial charge in [0.25, 0.3) is 0 Å². The van der Waals surface area contributed by atoms with Crippen molar-refractivity contribution in [1.29, 1.82) is 0 Å². The van der Waals surface area contributed by atoms with Crippen LogP contribution in [-0.4, -0.2) is 47.9 Å². The van der Waals surface area contributed by atoms with Gasteiger partial charge in [-0.05, 0) is 43.4 Å². The predicted molar refractivity (Wildman–Crippen MR) is 108 cm³/mol. The molecule has 1 heterocycles. The van der Waals surface area contributed by atoms with Crippen LogP contribution in [0.3, 0.4) is 0 Å². The molecule has 1 aromatic rings. The van der Waals surface area contributed by atoms with Crippen molar-refractivity contribution in [2.24, 2.45) is 11.7 Å². The molecule has 1 amide bonds. The monoisotopic (exact) mass is 441 g/mol. The molecule has 0 aromatic heterocycles. The summed E-state index contributed by atoms with van der Waals surface area (Å²) in [5, 5.41) is 0. The van der Waals surface area contributed by atoms with Crippen LogP contribution in [0.2, 0.25) is 0 Å². The van der Waals surface area contributed by atoms with Crippen LogP contribution in [0.1, 0.15) is 36.8 Å². The summed E-state index contributed by atoms with van der Waals surface area (Å²) in [7, 11) is 0. The molecule has 4 nitrogen and oxygen atoms in total. The number of rotatable bonds is 3. The Hall–Kier alpha value is -1.02. The maximum Gasteiger partial charge on any atom is 0.416 e. The van der Waals surface area contributed by atoms with Gasteiger partial charge in [0, 0.05) is 44.7 Å². The van der Waals surface area contributed by atoms with Crippen LogP contribution in [0.15, 0.2) is 24.3 Å². The van der Waals surface area contributed by atoms with Crippen molar-refractivity contribution >= 4 is 30.7 Å². The Balaban J connectivity index is 0.00000196. The molecule has 1 aromatic carbocycles. The highest BCUT2D eigenvalue weighted by Gasteiger charge is 2.32. The third kappa shape index (κ3) is 6.51. The second-order valence-corrected chi connectivity index (χ2v) is 7.42. The van der Waals surface area contributed by atoms with Gasteiger partial charge in [-0.25, -0.2) is 0 Å². The summed E-state index contributed by atoms with van der Waals surface area (Å²) in [5.74, 6) is 0.279. The minimum Gasteiger partial charge on any atom is -0.341 e. The Bertz CT molecular complexity index is 628. The van der Waals surface area contributed by atoms with Gasteiger partial charge in [0.2, 0.25) is 5.91 Å². The highest BCUT2D eigenvalue weighted by Crippen LogP contribution is 2.29. The number of hydrogen-bond acceptors (Lipinski definition) is 3. The molecule has 9 heteroatoms. The van der Waals surface area contributed by atoms with Gasteiger partial charge in [0.15, 0.2) is 0 Å². The molecule has 2 fully saturated rings. The molecule has 2 aliphatic rings. The van der Waals surface area contributed by atoms with Gasteiger partial charge in [0.1, 0.15) is 0 Å². The number of hydrogen-bond donors (Lipinski definition) is 1. The molecule has 0 radical (unpaired) electrons. The van der Waals surface area contributed by atoms with E-state index >= 15 is 0 Å². The minimum absolute atomic E-state index is 0. The van der Waals surface area contributed by atoms with Gasteiger partial charge in [-0.1, -0.05) is 12.1 Å². The lowest BCUT2D eigenvalue weighted by Gasteiger charge is -2.24. The number of nitrogens with zero attached hydrogens (tertiary/aromatic N) is 2. The van der Waals surface area contributed by atoms with E-state index in [1.807, 2.05) is 4.90 Å². The van der Waals surface area contributed by atoms with Crippen molar-refractivity contribution < 1.29 is 18.0 Å². The van der Waals surface area contributed by atoms with Crippen molar-refractivity contribution in [2.75, 3.05) is 26.2 Å². The first-order chi connectivity index (χ1) is 12.3. The lowest BCUT2D eigenvalue weighted by atomic mass is 10.1. The quantitative estimate of drug-likeness (QED) is 0.777. The molecule has 3 rings (SSSR count). The van der Waals surface area contributed by atoms with E-state index in [0.29, 0.717) is 13.1 Å². The fourth-order valence-corrected chi connectivity index (χ4v) is 3.91. The van der Waals surface area contributed by atoms with Crippen LogP contribution in [0.4, 0.5) is 13.2 Å². The van der Waals surface area contributed by atoms with Crippen LogP contribution in [0.5, 0.6) is 0 Å². The van der Waals surface area contributed by atoms with Crippen molar-refractivity contribution in [3.8, 4) is 0 Å². The fraction of sp³-hybridized carbons (Fsp3) is 0.632. The molecule has 160 valence electrons. The second kappa shape index (κ2) is 10.7. The maximum atomic E-state index is 12.6. The van der Waals surface area contributed by atoms with Crippen molar-refractivity contribution in [1.82, 2.24) is 9.80 Å². The van der Waals surface area contributed by atoms with Crippen molar-refractivity contribution in [2.45, 2.75) is 44.4 Å². The summed E-state index contributed by atoms with van der Waals surface area (Å²) in [6.07, 6.45) is -0.837. The van der Waals surface area contributed by atoms with Gasteiger partial charge in [-0.15, -0.1) is 24.8 Å². The molecule has 28 heavy (non-hydrogen) atoms. The van der Waals surface area contributed by atoms with E-state index in [1.165, 1.54) is 12.1 Å². The Morgan fingerprint density at radius 2 is 1.71 bits per heavy atom. The Morgan fingerprint density at radius 1 is 1.04 bits per heavy atom. The molecule has 1 aliphatic carbocycles. The summed E-state index contributed by atoms with van der Waals surface area (Å²) < 4.78 is 37.9. The molecule has 2 atom stereocenters. The number of amides is 1. The number of carbonyl (C=O) groups excluding carboxylic acids is 1. The maximum absolute atomic E-state index is 12.6. The zero-order valence-electron chi connectivity index (χ0n) is 15.7. The van der Waals surface area contributed by atoms with E-state index in [-0.39, 0.29) is 42.7 Å². The molecule has 1 saturated carbocycles. The first-order valence-electron chi connectivity index (χ1n) is 9.26. The molecular formula is C19H28Cl2F3N3O. The van der Waals surface area contributed by atoms with E-state index in [9.17, 15) is 18.0 Å². The summed E-state index contributed by atoms with van der Waals surface area (Å²) >= 11 is 0. The van der Waals surface area contributed by atoms with Crippen LogP contribution >= 0.6 is 24.8 Å². The highest BCUT2D eigenvalue weighted by molar-refractivity contribution is 5.85. The molecule has 1 saturated heterocycles. The standard InChI is InChI=1S/C19H26F3N3O.2ClH/c20-19(21,22)16-5-2-14(3-6-16)13-24-8-1-9-25(11-10-24)18(26)15-4-7-17(23)12-15;;/h2-3,5-6,15,17H,1,4,7-13,23H2;2*1H. The first-order valence-corrected chi connectivity index (χ1v) is 9.26. The van der Waals surface area contributed by atoms with Crippen LogP contribution in [-0.2, 0) is 17.5 Å². The van der Waals surface area contributed by atoms with E-state index in [1.54, 1.807) is 0 Å². The van der Waals surface area contributed by atoms with E-state index in [0.717, 1.165) is 63.0 Å². The number of alkyl halides is 3. The number of nitrogens with two attached hydrogens (primary N) is 1. The average Bonchev–Trinajstić information content (AvgIpc) is 2.89. The summed E-state index contributed by atoms with van der Waals surface area (Å²) in [6.45, 7) is 3.61. The number of carbonyl (C=O) groups is 1. The van der Waals surface area contributed by atoms with Gasteiger partial charge >= 0.3 is 6.18 Å². The largest absolute Gasteiger partial charge is 0.416 e. The fourth-order valence-electron chi connectivity index (χ4n) is 3.91. The van der Waals surface area contributed by atoms with E-state index in [4.69, 9.17) is 5.73 Å². The van der Waals surface area contributed by atoms with Crippen molar-refractivity contribution in [3.63, 3.8) is 0 Å². The Labute approximate surface area is 176 Å². The van der Waals surface area contributed by atoms with Gasteiger partial charge in [-0.3, -0.25) is 9.69 Å². The van der Waals surface area contributed by atoms with Crippen molar-refractivity contribution in [3.05, 3.63) is 35.4 Å². The normalized spacial score (nSPS) is 23.5. The van der Waals surface area contributed by atoms with Gasteiger partial charge in [0.05, 0.1) is 5.56 Å². The Morgan fingerprint density at radius 3 is 2.29 bits per heavy atom. The summed E-state index contributed by atoms with van der Waals surface area (Å²) in [5.41, 5.74) is 6.16. The zero-order valence-corrected chi connectivity index (χ0v) is 17.3. The third-order valence-corrected chi connectivity index (χ3v) is 5.41. The molecular weight excluding hydrogens is 414 g/mol. The Kier molecular flexibility index (Phi) is 9.53. The average molecular weight is 442 g/mol. The highest BCUT2D eigenvalue weighted by atomic mass is 35.5. The van der Waals surface area contributed by atoms with Crippen LogP contribution < -0.4 is 5.73 Å². The second-order valence-electron chi connectivity index (χ2n) is 7.42. The number of halogens is 5. The molecule has 2 N–H and O–H groups in total. The summed E-state index contributed by atoms with van der Waals surface area (Å²) in [6, 6.07) is 5.48. The van der Waals surface area contributed by atoms with E-state index in [2.05, 4.69) is 4.90 Å². The van der Waals surface area contributed by atoms with Crippen LogP contribution in [0.25, 0.3) is 0 Å². The SMILES string of the molecule is Cl.Cl.NC1CCC(C(=O)N2CCCN(Cc3ccc(C(F)(F)F)cc3)CC2)C1. The van der Waals surface area contributed by atoms with Gasteiger partial charge in [-0.2, -0.15) is 13.2 Å². The van der Waals surface area contributed by atoms with Gasteiger partial charge < -0.3 is 10.6 Å². The predicted octanol–water partition coefficient (Wildman–Crippen LogP) is 3.71.